The molecule has 4 nitrogen and oxygen atoms in total. The Labute approximate surface area is 147 Å². The standard InChI is InChI=1S/C18H14N2O2S2/c21-17(15-3-1-9-23-15)19-13-5-6-14-12(11-13)7-8-20(14)18(22)16-4-2-10-24-16/h1-6,9-11H,7-8H2,(H,19,21). The summed E-state index contributed by atoms with van der Waals surface area (Å²) in [6.45, 7) is 0.675. The Morgan fingerprint density at radius 3 is 2.46 bits per heavy atom. The largest absolute Gasteiger partial charge is 0.321 e. The van der Waals surface area contributed by atoms with Crippen LogP contribution in [0.3, 0.4) is 0 Å². The van der Waals surface area contributed by atoms with Crippen LogP contribution in [0.2, 0.25) is 0 Å². The molecule has 1 aliphatic heterocycles. The molecule has 0 radical (unpaired) electrons. The Hall–Kier alpha value is -2.44. The van der Waals surface area contributed by atoms with Crippen LogP contribution in [-0.2, 0) is 6.42 Å². The number of anilines is 2. The molecule has 1 aliphatic rings. The van der Waals surface area contributed by atoms with Crippen molar-refractivity contribution in [1.29, 1.82) is 0 Å². The number of rotatable bonds is 3. The maximum Gasteiger partial charge on any atom is 0.268 e. The topological polar surface area (TPSA) is 49.4 Å². The van der Waals surface area contributed by atoms with Gasteiger partial charge in [-0.25, -0.2) is 0 Å². The average Bonchev–Trinajstić information content (AvgIpc) is 3.33. The van der Waals surface area contributed by atoms with Crippen molar-refractivity contribution in [3.8, 4) is 0 Å². The van der Waals surface area contributed by atoms with Gasteiger partial charge in [0.05, 0.1) is 9.75 Å². The first-order valence-electron chi connectivity index (χ1n) is 7.55. The number of carbonyl (C=O) groups excluding carboxylic acids is 2. The molecule has 6 heteroatoms. The summed E-state index contributed by atoms with van der Waals surface area (Å²) in [5.41, 5.74) is 2.78. The van der Waals surface area contributed by atoms with Crippen LogP contribution in [0.25, 0.3) is 0 Å². The molecule has 0 saturated heterocycles. The molecule has 24 heavy (non-hydrogen) atoms. The highest BCUT2D eigenvalue weighted by atomic mass is 32.1. The van der Waals surface area contributed by atoms with Gasteiger partial charge in [0.25, 0.3) is 11.8 Å². The average molecular weight is 354 g/mol. The van der Waals surface area contributed by atoms with E-state index in [0.717, 1.165) is 28.2 Å². The summed E-state index contributed by atoms with van der Waals surface area (Å²) in [6, 6.07) is 13.1. The number of hydrogen-bond donors (Lipinski definition) is 1. The number of fused-ring (bicyclic) bond motifs is 1. The van der Waals surface area contributed by atoms with E-state index in [9.17, 15) is 9.59 Å². The number of carbonyl (C=O) groups is 2. The molecule has 0 fully saturated rings. The predicted molar refractivity (Wildman–Crippen MR) is 98.4 cm³/mol. The lowest BCUT2D eigenvalue weighted by molar-refractivity contribution is 0.0991. The monoisotopic (exact) mass is 354 g/mol. The molecule has 0 spiro atoms. The van der Waals surface area contributed by atoms with Gasteiger partial charge in [-0.15, -0.1) is 22.7 Å². The summed E-state index contributed by atoms with van der Waals surface area (Å²) < 4.78 is 0. The molecule has 2 aromatic heterocycles. The molecule has 0 aliphatic carbocycles. The van der Waals surface area contributed by atoms with Crippen molar-refractivity contribution in [2.75, 3.05) is 16.8 Å². The quantitative estimate of drug-likeness (QED) is 0.764. The van der Waals surface area contributed by atoms with Gasteiger partial charge in [0, 0.05) is 17.9 Å². The maximum absolute atomic E-state index is 12.6. The molecule has 0 unspecified atom stereocenters. The van der Waals surface area contributed by atoms with E-state index >= 15 is 0 Å². The van der Waals surface area contributed by atoms with E-state index in [1.807, 2.05) is 52.1 Å². The molecule has 3 aromatic rings. The van der Waals surface area contributed by atoms with Crippen molar-refractivity contribution < 1.29 is 9.59 Å². The Morgan fingerprint density at radius 1 is 1.00 bits per heavy atom. The first kappa shape index (κ1) is 15.1. The van der Waals surface area contributed by atoms with Crippen molar-refractivity contribution in [2.24, 2.45) is 0 Å². The fourth-order valence-corrected chi connectivity index (χ4v) is 4.12. The minimum atomic E-state index is -0.102. The highest BCUT2D eigenvalue weighted by molar-refractivity contribution is 7.12. The van der Waals surface area contributed by atoms with Crippen molar-refractivity contribution in [1.82, 2.24) is 0 Å². The van der Waals surface area contributed by atoms with Gasteiger partial charge in [-0.05, 0) is 53.1 Å². The smallest absolute Gasteiger partial charge is 0.268 e. The SMILES string of the molecule is O=C(Nc1ccc2c(c1)CCN2C(=O)c1cccs1)c1cccs1. The normalized spacial score (nSPS) is 12.9. The number of nitrogens with zero attached hydrogens (tertiary/aromatic N) is 1. The van der Waals surface area contributed by atoms with E-state index in [1.165, 1.54) is 22.7 Å². The van der Waals surface area contributed by atoms with Crippen LogP contribution in [0, 0.1) is 0 Å². The molecule has 120 valence electrons. The predicted octanol–water partition coefficient (Wildman–Crippen LogP) is 4.26. The number of nitrogens with one attached hydrogen (secondary N) is 1. The van der Waals surface area contributed by atoms with Crippen molar-refractivity contribution in [3.63, 3.8) is 0 Å². The van der Waals surface area contributed by atoms with E-state index in [2.05, 4.69) is 5.32 Å². The molecule has 1 aromatic carbocycles. The Kier molecular flexibility index (Phi) is 3.92. The lowest BCUT2D eigenvalue weighted by atomic mass is 10.1. The van der Waals surface area contributed by atoms with Crippen LogP contribution >= 0.6 is 22.7 Å². The zero-order chi connectivity index (χ0) is 16.5. The van der Waals surface area contributed by atoms with E-state index in [-0.39, 0.29) is 11.8 Å². The third-order valence-corrected chi connectivity index (χ3v) is 5.68. The highest BCUT2D eigenvalue weighted by Gasteiger charge is 2.26. The minimum Gasteiger partial charge on any atom is -0.321 e. The van der Waals surface area contributed by atoms with E-state index < -0.39 is 0 Å². The summed E-state index contributed by atoms with van der Waals surface area (Å²) in [7, 11) is 0. The van der Waals surface area contributed by atoms with Gasteiger partial charge < -0.3 is 10.2 Å². The number of hydrogen-bond acceptors (Lipinski definition) is 4. The van der Waals surface area contributed by atoms with Crippen LogP contribution in [0.15, 0.2) is 53.2 Å². The van der Waals surface area contributed by atoms with Gasteiger partial charge in [0.15, 0.2) is 0 Å². The highest BCUT2D eigenvalue weighted by Crippen LogP contribution is 2.32. The summed E-state index contributed by atoms with van der Waals surface area (Å²) in [5.74, 6) is -0.0615. The molecule has 3 heterocycles. The zero-order valence-electron chi connectivity index (χ0n) is 12.7. The van der Waals surface area contributed by atoms with Gasteiger partial charge >= 0.3 is 0 Å². The summed E-state index contributed by atoms with van der Waals surface area (Å²) in [5, 5.41) is 6.71. The molecule has 0 saturated carbocycles. The van der Waals surface area contributed by atoms with Gasteiger partial charge in [-0.1, -0.05) is 12.1 Å². The van der Waals surface area contributed by atoms with E-state index in [0.29, 0.717) is 11.4 Å². The van der Waals surface area contributed by atoms with Gasteiger partial charge in [-0.2, -0.15) is 0 Å². The Bertz CT molecular complexity index is 886. The number of amides is 2. The van der Waals surface area contributed by atoms with Gasteiger partial charge in [0.1, 0.15) is 0 Å². The first-order valence-corrected chi connectivity index (χ1v) is 9.31. The number of benzene rings is 1. The molecule has 4 rings (SSSR count). The van der Waals surface area contributed by atoms with Crippen LogP contribution < -0.4 is 10.2 Å². The fourth-order valence-electron chi connectivity index (χ4n) is 2.82. The van der Waals surface area contributed by atoms with Gasteiger partial charge in [-0.3, -0.25) is 9.59 Å². The third kappa shape index (κ3) is 2.74. The summed E-state index contributed by atoms with van der Waals surface area (Å²) in [4.78, 5) is 27.9. The van der Waals surface area contributed by atoms with Crippen LogP contribution in [0.1, 0.15) is 24.9 Å². The lowest BCUT2D eigenvalue weighted by Crippen LogP contribution is -2.28. The minimum absolute atomic E-state index is 0.0409. The molecule has 1 N–H and O–H groups in total. The van der Waals surface area contributed by atoms with Crippen molar-refractivity contribution >= 4 is 45.9 Å². The van der Waals surface area contributed by atoms with Crippen LogP contribution in [-0.4, -0.2) is 18.4 Å². The number of thiophene rings is 2. The second-order valence-corrected chi connectivity index (χ2v) is 7.35. The van der Waals surface area contributed by atoms with E-state index in [4.69, 9.17) is 0 Å². The lowest BCUT2D eigenvalue weighted by Gasteiger charge is -2.16. The molecular weight excluding hydrogens is 340 g/mol. The third-order valence-electron chi connectivity index (χ3n) is 3.95. The molecule has 0 atom stereocenters. The van der Waals surface area contributed by atoms with Crippen LogP contribution in [0.5, 0.6) is 0 Å². The molecule has 2 amide bonds. The Morgan fingerprint density at radius 2 is 1.75 bits per heavy atom. The van der Waals surface area contributed by atoms with E-state index in [1.54, 1.807) is 6.07 Å². The van der Waals surface area contributed by atoms with Crippen molar-refractivity contribution in [3.05, 3.63) is 68.5 Å². The molecular formula is C18H14N2O2S2. The van der Waals surface area contributed by atoms with Crippen LogP contribution in [0.4, 0.5) is 11.4 Å². The van der Waals surface area contributed by atoms with Gasteiger partial charge in [0.2, 0.25) is 0 Å². The molecule has 0 bridgehead atoms. The summed E-state index contributed by atoms with van der Waals surface area (Å²) in [6.07, 6.45) is 0.801. The fraction of sp³-hybridized carbons (Fsp3) is 0.111. The Balaban J connectivity index is 1.54. The summed E-state index contributed by atoms with van der Waals surface area (Å²) >= 11 is 2.87. The first-order chi connectivity index (χ1) is 11.7. The maximum atomic E-state index is 12.6. The van der Waals surface area contributed by atoms with Crippen molar-refractivity contribution in [2.45, 2.75) is 6.42 Å². The second kappa shape index (κ2) is 6.22. The second-order valence-electron chi connectivity index (χ2n) is 5.46. The zero-order valence-corrected chi connectivity index (χ0v) is 14.3.